The Morgan fingerprint density at radius 2 is 2.00 bits per heavy atom. The van der Waals surface area contributed by atoms with Crippen molar-refractivity contribution >= 4 is 0 Å². The highest BCUT2D eigenvalue weighted by Gasteiger charge is 2.30. The fraction of sp³-hybridized carbons (Fsp3) is 1.00. The summed E-state index contributed by atoms with van der Waals surface area (Å²) >= 11 is 0. The van der Waals surface area contributed by atoms with Crippen LogP contribution in [-0.4, -0.2) is 12.6 Å². The number of nitrogens with one attached hydrogen (secondary N) is 1. The molecule has 1 heteroatoms. The number of hydrogen-bond acceptors (Lipinski definition) is 1. The normalized spacial score (nSPS) is 33.2. The average molecular weight is 209 g/mol. The maximum Gasteiger partial charge on any atom is 0.00954 e. The quantitative estimate of drug-likeness (QED) is 0.705. The van der Waals surface area contributed by atoms with E-state index in [4.69, 9.17) is 0 Å². The van der Waals surface area contributed by atoms with Crippen LogP contribution in [0.2, 0.25) is 0 Å². The molecular weight excluding hydrogens is 182 g/mol. The summed E-state index contributed by atoms with van der Waals surface area (Å²) < 4.78 is 0. The Morgan fingerprint density at radius 1 is 1.20 bits per heavy atom. The summed E-state index contributed by atoms with van der Waals surface area (Å²) in [6, 6.07) is 0.834. The predicted molar refractivity (Wildman–Crippen MR) is 65.9 cm³/mol. The van der Waals surface area contributed by atoms with E-state index in [0.29, 0.717) is 0 Å². The molecule has 0 bridgehead atoms. The molecule has 2 saturated carbocycles. The molecule has 0 saturated heterocycles. The van der Waals surface area contributed by atoms with Gasteiger partial charge in [0.05, 0.1) is 0 Å². The van der Waals surface area contributed by atoms with Gasteiger partial charge in [-0.15, -0.1) is 0 Å². The Hall–Kier alpha value is -0.0400. The van der Waals surface area contributed by atoms with Gasteiger partial charge >= 0.3 is 0 Å². The van der Waals surface area contributed by atoms with Crippen LogP contribution >= 0.6 is 0 Å². The van der Waals surface area contributed by atoms with Gasteiger partial charge in [-0.25, -0.2) is 0 Å². The van der Waals surface area contributed by atoms with Gasteiger partial charge in [0.2, 0.25) is 0 Å². The van der Waals surface area contributed by atoms with Crippen LogP contribution in [0.3, 0.4) is 0 Å². The summed E-state index contributed by atoms with van der Waals surface area (Å²) in [7, 11) is 0. The second kappa shape index (κ2) is 5.34. The molecule has 0 aromatic heterocycles. The van der Waals surface area contributed by atoms with Crippen LogP contribution in [0.15, 0.2) is 0 Å². The SMILES string of the molecule is CCNC(CCC1CC1)C1CCC(C)C1. The fourth-order valence-electron chi connectivity index (χ4n) is 3.20. The Labute approximate surface area is 95.0 Å². The molecule has 0 aliphatic heterocycles. The molecule has 0 heterocycles. The molecule has 88 valence electrons. The predicted octanol–water partition coefficient (Wildman–Crippen LogP) is 3.59. The zero-order valence-corrected chi connectivity index (χ0v) is 10.5. The van der Waals surface area contributed by atoms with E-state index in [0.717, 1.165) is 30.3 Å². The lowest BCUT2D eigenvalue weighted by Crippen LogP contribution is -2.35. The molecule has 2 fully saturated rings. The molecule has 1 N–H and O–H groups in total. The smallest absolute Gasteiger partial charge is 0.00954 e. The van der Waals surface area contributed by atoms with Crippen molar-refractivity contribution in [3.8, 4) is 0 Å². The monoisotopic (exact) mass is 209 g/mol. The van der Waals surface area contributed by atoms with Gasteiger partial charge in [-0.1, -0.05) is 33.1 Å². The number of rotatable bonds is 6. The van der Waals surface area contributed by atoms with Crippen LogP contribution in [-0.2, 0) is 0 Å². The molecule has 3 unspecified atom stereocenters. The molecule has 2 rings (SSSR count). The lowest BCUT2D eigenvalue weighted by atomic mass is 9.92. The molecule has 1 nitrogen and oxygen atoms in total. The van der Waals surface area contributed by atoms with E-state index in [1.165, 1.54) is 44.9 Å². The van der Waals surface area contributed by atoms with E-state index in [9.17, 15) is 0 Å². The number of hydrogen-bond donors (Lipinski definition) is 1. The van der Waals surface area contributed by atoms with Gasteiger partial charge in [0.25, 0.3) is 0 Å². The van der Waals surface area contributed by atoms with Gasteiger partial charge < -0.3 is 5.32 Å². The molecule has 0 aromatic carbocycles. The van der Waals surface area contributed by atoms with E-state index in [-0.39, 0.29) is 0 Å². The van der Waals surface area contributed by atoms with Crippen molar-refractivity contribution in [3.05, 3.63) is 0 Å². The van der Waals surface area contributed by atoms with Gasteiger partial charge in [0, 0.05) is 6.04 Å². The minimum Gasteiger partial charge on any atom is -0.314 e. The van der Waals surface area contributed by atoms with Crippen molar-refractivity contribution in [1.82, 2.24) is 5.32 Å². The minimum absolute atomic E-state index is 0.834. The van der Waals surface area contributed by atoms with E-state index in [1.54, 1.807) is 0 Å². The molecular formula is C14H27N. The lowest BCUT2D eigenvalue weighted by Gasteiger charge is -2.24. The summed E-state index contributed by atoms with van der Waals surface area (Å²) in [4.78, 5) is 0. The minimum atomic E-state index is 0.834. The Morgan fingerprint density at radius 3 is 2.53 bits per heavy atom. The standard InChI is InChI=1S/C14H27N/c1-3-15-14(9-7-12-5-6-12)13-8-4-11(2)10-13/h11-15H,3-10H2,1-2H3. The maximum atomic E-state index is 3.73. The van der Waals surface area contributed by atoms with Gasteiger partial charge in [0.1, 0.15) is 0 Å². The summed E-state index contributed by atoms with van der Waals surface area (Å²) in [5.41, 5.74) is 0. The maximum absolute atomic E-state index is 3.73. The average Bonchev–Trinajstić information content (AvgIpc) is 2.95. The molecule has 3 atom stereocenters. The van der Waals surface area contributed by atoms with Crippen LogP contribution in [0.4, 0.5) is 0 Å². The molecule has 0 aromatic rings. The van der Waals surface area contributed by atoms with Crippen molar-refractivity contribution in [2.24, 2.45) is 17.8 Å². The highest BCUT2D eigenvalue weighted by Crippen LogP contribution is 2.38. The summed E-state index contributed by atoms with van der Waals surface area (Å²) in [6.07, 6.45) is 10.4. The van der Waals surface area contributed by atoms with E-state index >= 15 is 0 Å². The van der Waals surface area contributed by atoms with Crippen molar-refractivity contribution in [2.45, 2.75) is 64.8 Å². The first-order valence-corrected chi connectivity index (χ1v) is 7.03. The highest BCUT2D eigenvalue weighted by molar-refractivity contribution is 4.85. The van der Waals surface area contributed by atoms with Crippen LogP contribution < -0.4 is 5.32 Å². The third-order valence-electron chi connectivity index (χ3n) is 4.35. The van der Waals surface area contributed by atoms with Crippen molar-refractivity contribution in [3.63, 3.8) is 0 Å². The molecule has 0 spiro atoms. The molecule has 2 aliphatic rings. The van der Waals surface area contributed by atoms with E-state index < -0.39 is 0 Å². The van der Waals surface area contributed by atoms with Gasteiger partial charge in [-0.2, -0.15) is 0 Å². The second-order valence-corrected chi connectivity index (χ2v) is 5.86. The van der Waals surface area contributed by atoms with Gasteiger partial charge in [-0.05, 0) is 50.0 Å². The largest absolute Gasteiger partial charge is 0.314 e. The van der Waals surface area contributed by atoms with E-state index in [2.05, 4.69) is 19.2 Å². The van der Waals surface area contributed by atoms with Gasteiger partial charge in [0.15, 0.2) is 0 Å². The molecule has 0 radical (unpaired) electrons. The van der Waals surface area contributed by atoms with Gasteiger partial charge in [-0.3, -0.25) is 0 Å². The van der Waals surface area contributed by atoms with Crippen LogP contribution in [0.25, 0.3) is 0 Å². The summed E-state index contributed by atoms with van der Waals surface area (Å²) in [5.74, 6) is 3.07. The first-order chi connectivity index (χ1) is 7.29. The van der Waals surface area contributed by atoms with E-state index in [1.807, 2.05) is 0 Å². The van der Waals surface area contributed by atoms with Crippen molar-refractivity contribution < 1.29 is 0 Å². The Kier molecular flexibility index (Phi) is 4.07. The third kappa shape index (κ3) is 3.48. The highest BCUT2D eigenvalue weighted by atomic mass is 14.9. The molecule has 2 aliphatic carbocycles. The van der Waals surface area contributed by atoms with Crippen LogP contribution in [0, 0.1) is 17.8 Å². The summed E-state index contributed by atoms with van der Waals surface area (Å²) in [5, 5.41) is 3.73. The zero-order valence-electron chi connectivity index (χ0n) is 10.5. The Bertz CT molecular complexity index is 186. The first kappa shape index (κ1) is 11.4. The van der Waals surface area contributed by atoms with Crippen LogP contribution in [0.1, 0.15) is 58.8 Å². The lowest BCUT2D eigenvalue weighted by molar-refractivity contribution is 0.327. The molecule has 15 heavy (non-hydrogen) atoms. The topological polar surface area (TPSA) is 12.0 Å². The third-order valence-corrected chi connectivity index (χ3v) is 4.35. The zero-order chi connectivity index (χ0) is 10.7. The fourth-order valence-corrected chi connectivity index (χ4v) is 3.20. The Balaban J connectivity index is 1.75. The first-order valence-electron chi connectivity index (χ1n) is 7.03. The molecule has 0 amide bonds. The van der Waals surface area contributed by atoms with Crippen LogP contribution in [0.5, 0.6) is 0 Å². The second-order valence-electron chi connectivity index (χ2n) is 5.86. The van der Waals surface area contributed by atoms with Crippen molar-refractivity contribution in [2.75, 3.05) is 6.54 Å². The van der Waals surface area contributed by atoms with Crippen molar-refractivity contribution in [1.29, 1.82) is 0 Å². The summed E-state index contributed by atoms with van der Waals surface area (Å²) in [6.45, 7) is 5.83.